The average Bonchev–Trinajstić information content (AvgIpc) is 3.06. The number of hydrogen-bond donors (Lipinski definition) is 1. The van der Waals surface area contributed by atoms with Crippen LogP contribution in [0.25, 0.3) is 11.3 Å². The summed E-state index contributed by atoms with van der Waals surface area (Å²) in [7, 11) is 1.87. The van der Waals surface area contributed by atoms with Crippen LogP contribution in [0.2, 0.25) is 0 Å². The fraction of sp³-hybridized carbons (Fsp3) is 0.167. The summed E-state index contributed by atoms with van der Waals surface area (Å²) in [5, 5.41) is 7.05. The first-order chi connectivity index (χ1) is 11.7. The SMILES string of the molecule is CSc1ccc(C(=O)NCc2ccc(-c3cnn(C)c3)nc2)cc1. The van der Waals surface area contributed by atoms with Gasteiger partial charge in [0.15, 0.2) is 0 Å². The van der Waals surface area contributed by atoms with Gasteiger partial charge in [-0.15, -0.1) is 11.8 Å². The van der Waals surface area contributed by atoms with Gasteiger partial charge >= 0.3 is 0 Å². The predicted octanol–water partition coefficient (Wildman–Crippen LogP) is 3.13. The molecule has 24 heavy (non-hydrogen) atoms. The van der Waals surface area contributed by atoms with E-state index in [1.54, 1.807) is 28.8 Å². The first-order valence-electron chi connectivity index (χ1n) is 7.52. The number of carbonyl (C=O) groups is 1. The molecule has 0 spiro atoms. The second kappa shape index (κ2) is 7.31. The van der Waals surface area contributed by atoms with Crippen LogP contribution in [-0.4, -0.2) is 26.9 Å². The molecule has 2 aromatic heterocycles. The van der Waals surface area contributed by atoms with Crippen molar-refractivity contribution in [3.05, 3.63) is 66.1 Å². The topological polar surface area (TPSA) is 59.8 Å². The minimum Gasteiger partial charge on any atom is -0.348 e. The Balaban J connectivity index is 1.60. The third-order valence-corrected chi connectivity index (χ3v) is 4.37. The highest BCUT2D eigenvalue weighted by Crippen LogP contribution is 2.16. The van der Waals surface area contributed by atoms with Gasteiger partial charge in [0.05, 0.1) is 11.9 Å². The van der Waals surface area contributed by atoms with Crippen LogP contribution in [-0.2, 0) is 13.6 Å². The third kappa shape index (κ3) is 3.83. The minimum absolute atomic E-state index is 0.0843. The lowest BCUT2D eigenvalue weighted by Gasteiger charge is -2.06. The number of hydrogen-bond acceptors (Lipinski definition) is 4. The number of nitrogens with zero attached hydrogens (tertiary/aromatic N) is 3. The Morgan fingerprint density at radius 3 is 2.54 bits per heavy atom. The van der Waals surface area contributed by atoms with Crippen molar-refractivity contribution in [2.75, 3.05) is 6.26 Å². The Morgan fingerprint density at radius 2 is 1.96 bits per heavy atom. The zero-order valence-electron chi connectivity index (χ0n) is 13.6. The molecule has 5 nitrogen and oxygen atoms in total. The summed E-state index contributed by atoms with van der Waals surface area (Å²) in [6, 6.07) is 11.5. The van der Waals surface area contributed by atoms with Crippen molar-refractivity contribution in [1.82, 2.24) is 20.1 Å². The Labute approximate surface area is 145 Å². The minimum atomic E-state index is -0.0843. The fourth-order valence-electron chi connectivity index (χ4n) is 2.28. The molecular weight excluding hydrogens is 320 g/mol. The maximum Gasteiger partial charge on any atom is 0.251 e. The molecule has 3 rings (SSSR count). The zero-order chi connectivity index (χ0) is 16.9. The van der Waals surface area contributed by atoms with Gasteiger partial charge < -0.3 is 5.32 Å². The zero-order valence-corrected chi connectivity index (χ0v) is 14.4. The van der Waals surface area contributed by atoms with Crippen LogP contribution in [0, 0.1) is 0 Å². The van der Waals surface area contributed by atoms with Crippen molar-refractivity contribution in [3.8, 4) is 11.3 Å². The molecule has 1 amide bonds. The molecule has 0 unspecified atom stereocenters. The quantitative estimate of drug-likeness (QED) is 0.726. The van der Waals surface area contributed by atoms with Crippen LogP contribution in [0.1, 0.15) is 15.9 Å². The molecule has 0 atom stereocenters. The van der Waals surface area contributed by atoms with E-state index in [4.69, 9.17) is 0 Å². The molecule has 1 aromatic carbocycles. The smallest absolute Gasteiger partial charge is 0.251 e. The van der Waals surface area contributed by atoms with Gasteiger partial charge in [-0.3, -0.25) is 14.5 Å². The van der Waals surface area contributed by atoms with Crippen molar-refractivity contribution >= 4 is 17.7 Å². The van der Waals surface area contributed by atoms with Gasteiger partial charge in [-0.1, -0.05) is 6.07 Å². The van der Waals surface area contributed by atoms with E-state index < -0.39 is 0 Å². The van der Waals surface area contributed by atoms with Crippen LogP contribution in [0.4, 0.5) is 0 Å². The second-order valence-corrected chi connectivity index (χ2v) is 6.25. The van der Waals surface area contributed by atoms with E-state index in [1.165, 1.54) is 0 Å². The normalized spacial score (nSPS) is 10.6. The Hall–Kier alpha value is -2.60. The molecule has 1 N–H and O–H groups in total. The summed E-state index contributed by atoms with van der Waals surface area (Å²) in [6.07, 6.45) is 7.49. The van der Waals surface area contributed by atoms with Gasteiger partial charge in [0, 0.05) is 42.0 Å². The van der Waals surface area contributed by atoms with Gasteiger partial charge in [0.25, 0.3) is 5.91 Å². The maximum absolute atomic E-state index is 12.2. The molecule has 2 heterocycles. The number of aromatic nitrogens is 3. The van der Waals surface area contributed by atoms with Crippen LogP contribution in [0.5, 0.6) is 0 Å². The number of thioether (sulfide) groups is 1. The van der Waals surface area contributed by atoms with E-state index in [1.807, 2.05) is 55.9 Å². The molecule has 0 fully saturated rings. The summed E-state index contributed by atoms with van der Waals surface area (Å²) in [5.41, 5.74) is 3.46. The summed E-state index contributed by atoms with van der Waals surface area (Å²) in [4.78, 5) is 17.7. The summed E-state index contributed by atoms with van der Waals surface area (Å²) < 4.78 is 1.74. The number of rotatable bonds is 5. The van der Waals surface area contributed by atoms with Crippen molar-refractivity contribution in [2.45, 2.75) is 11.4 Å². The number of aryl methyl sites for hydroxylation is 1. The predicted molar refractivity (Wildman–Crippen MR) is 95.8 cm³/mol. The highest BCUT2D eigenvalue weighted by Gasteiger charge is 2.06. The molecule has 122 valence electrons. The lowest BCUT2D eigenvalue weighted by molar-refractivity contribution is 0.0951. The molecule has 0 aliphatic rings. The molecule has 3 aromatic rings. The van der Waals surface area contributed by atoms with E-state index in [-0.39, 0.29) is 5.91 Å². The van der Waals surface area contributed by atoms with Crippen LogP contribution in [0.15, 0.2) is 59.9 Å². The summed E-state index contributed by atoms with van der Waals surface area (Å²) >= 11 is 1.65. The molecular formula is C18H18N4OS. The molecule has 0 radical (unpaired) electrons. The number of pyridine rings is 1. The van der Waals surface area contributed by atoms with E-state index in [0.29, 0.717) is 12.1 Å². The molecule has 0 saturated carbocycles. The van der Waals surface area contributed by atoms with Gasteiger partial charge in [-0.05, 0) is 42.2 Å². The number of carbonyl (C=O) groups excluding carboxylic acids is 1. The van der Waals surface area contributed by atoms with Gasteiger partial charge in [0.1, 0.15) is 0 Å². The van der Waals surface area contributed by atoms with Gasteiger partial charge in [-0.25, -0.2) is 0 Å². The van der Waals surface area contributed by atoms with Crippen LogP contribution in [0.3, 0.4) is 0 Å². The van der Waals surface area contributed by atoms with E-state index in [2.05, 4.69) is 15.4 Å². The maximum atomic E-state index is 12.2. The van der Waals surface area contributed by atoms with E-state index in [0.717, 1.165) is 21.7 Å². The summed E-state index contributed by atoms with van der Waals surface area (Å²) in [6.45, 7) is 0.448. The Bertz CT molecular complexity index is 825. The first kappa shape index (κ1) is 16.3. The number of benzene rings is 1. The largest absolute Gasteiger partial charge is 0.348 e. The van der Waals surface area contributed by atoms with Crippen molar-refractivity contribution in [2.24, 2.45) is 7.05 Å². The third-order valence-electron chi connectivity index (χ3n) is 3.63. The van der Waals surface area contributed by atoms with Gasteiger partial charge in [-0.2, -0.15) is 5.10 Å². The van der Waals surface area contributed by atoms with Crippen molar-refractivity contribution in [3.63, 3.8) is 0 Å². The highest BCUT2D eigenvalue weighted by atomic mass is 32.2. The van der Waals surface area contributed by atoms with E-state index in [9.17, 15) is 4.79 Å². The molecule has 0 bridgehead atoms. The fourth-order valence-corrected chi connectivity index (χ4v) is 2.69. The molecule has 0 aliphatic carbocycles. The Morgan fingerprint density at radius 1 is 1.17 bits per heavy atom. The van der Waals surface area contributed by atoms with Crippen molar-refractivity contribution < 1.29 is 4.79 Å². The summed E-state index contributed by atoms with van der Waals surface area (Å²) in [5.74, 6) is -0.0843. The molecule has 0 aliphatic heterocycles. The Kier molecular flexibility index (Phi) is 4.96. The van der Waals surface area contributed by atoms with Crippen molar-refractivity contribution in [1.29, 1.82) is 0 Å². The lowest BCUT2D eigenvalue weighted by atomic mass is 10.2. The number of nitrogens with one attached hydrogen (secondary N) is 1. The lowest BCUT2D eigenvalue weighted by Crippen LogP contribution is -2.22. The monoisotopic (exact) mass is 338 g/mol. The van der Waals surface area contributed by atoms with Crippen LogP contribution < -0.4 is 5.32 Å². The first-order valence-corrected chi connectivity index (χ1v) is 8.74. The van der Waals surface area contributed by atoms with Gasteiger partial charge in [0.2, 0.25) is 0 Å². The average molecular weight is 338 g/mol. The molecule has 6 heteroatoms. The van der Waals surface area contributed by atoms with E-state index >= 15 is 0 Å². The standard InChI is InChI=1S/C18H18N4OS/c1-22-12-15(11-21-22)17-8-3-13(9-19-17)10-20-18(23)14-4-6-16(24-2)7-5-14/h3-9,11-12H,10H2,1-2H3,(H,20,23). The molecule has 0 saturated heterocycles. The number of amides is 1. The highest BCUT2D eigenvalue weighted by molar-refractivity contribution is 7.98. The second-order valence-electron chi connectivity index (χ2n) is 5.37. The van der Waals surface area contributed by atoms with Crippen LogP contribution >= 0.6 is 11.8 Å².